The number of allylic oxidation sites excluding steroid dienone is 4. The summed E-state index contributed by atoms with van der Waals surface area (Å²) in [6, 6.07) is 6.53. The van der Waals surface area contributed by atoms with E-state index >= 15 is 0 Å². The van der Waals surface area contributed by atoms with Gasteiger partial charge < -0.3 is 4.90 Å². The number of rotatable bonds is 5. The van der Waals surface area contributed by atoms with Gasteiger partial charge in [0.05, 0.1) is 17.8 Å². The molecule has 0 saturated heterocycles. The number of sulfonamides is 1. The predicted molar refractivity (Wildman–Crippen MR) is 140 cm³/mol. The van der Waals surface area contributed by atoms with E-state index in [9.17, 15) is 26.5 Å². The van der Waals surface area contributed by atoms with Crippen LogP contribution in [0.5, 0.6) is 0 Å². The van der Waals surface area contributed by atoms with Crippen LogP contribution in [0.2, 0.25) is 0 Å². The van der Waals surface area contributed by atoms with Gasteiger partial charge in [-0.1, -0.05) is 29.8 Å². The highest BCUT2D eigenvalue weighted by Crippen LogP contribution is 2.40. The number of halogens is 3. The number of anilines is 2. The molecule has 2 aromatic rings. The number of hydrogen-bond acceptors (Lipinski definition) is 7. The summed E-state index contributed by atoms with van der Waals surface area (Å²) in [6.07, 6.45) is 4.70. The van der Waals surface area contributed by atoms with E-state index in [1.54, 1.807) is 18.2 Å². The summed E-state index contributed by atoms with van der Waals surface area (Å²) in [5.41, 5.74) is 0.0308. The van der Waals surface area contributed by atoms with E-state index in [1.165, 1.54) is 6.07 Å². The summed E-state index contributed by atoms with van der Waals surface area (Å²) in [5, 5.41) is 2.63. The number of unbranched alkanes of at least 4 members (excludes halogenated alkanes) is 1. The van der Waals surface area contributed by atoms with Crippen LogP contribution in [0.25, 0.3) is 5.57 Å². The zero-order valence-electron chi connectivity index (χ0n) is 20.9. The van der Waals surface area contributed by atoms with Gasteiger partial charge in [-0.05, 0) is 80.4 Å². The van der Waals surface area contributed by atoms with Gasteiger partial charge >= 0.3 is 6.18 Å². The third-order valence-electron chi connectivity index (χ3n) is 6.56. The number of fused-ring (bicyclic) bond motifs is 6. The van der Waals surface area contributed by atoms with Gasteiger partial charge in [-0.3, -0.25) is 4.72 Å². The maximum absolute atomic E-state index is 13.9. The van der Waals surface area contributed by atoms with E-state index < -0.39 is 21.8 Å². The molecule has 4 bridgehead atoms. The first-order valence-corrected chi connectivity index (χ1v) is 14.2. The Bertz CT molecular complexity index is 1330. The summed E-state index contributed by atoms with van der Waals surface area (Å²) in [5.74, 6) is 0.261. The molecule has 1 aliphatic heterocycles. The van der Waals surface area contributed by atoms with Crippen molar-refractivity contribution < 1.29 is 21.6 Å². The number of alkyl halides is 3. The smallest absolute Gasteiger partial charge is 0.357 e. The molecule has 0 atom stereocenters. The molecule has 0 unspecified atom stereocenters. The minimum absolute atomic E-state index is 0.212. The predicted octanol–water partition coefficient (Wildman–Crippen LogP) is 6.33. The summed E-state index contributed by atoms with van der Waals surface area (Å²) in [6.45, 7) is 1.42. The van der Waals surface area contributed by atoms with Gasteiger partial charge in [0.25, 0.3) is 10.0 Å². The Hall–Kier alpha value is -3.28. The third-order valence-corrected chi connectivity index (χ3v) is 7.81. The molecule has 12 heteroatoms. The quantitative estimate of drug-likeness (QED) is 0.345. The number of nitrogens with zero attached hydrogens (tertiary/aromatic N) is 4. The number of nitroso groups, excluding NO2 is 1. The van der Waals surface area contributed by atoms with Crippen LogP contribution in [0.1, 0.15) is 62.6 Å². The van der Waals surface area contributed by atoms with Gasteiger partial charge in [-0.15, -0.1) is 0 Å². The molecule has 0 aromatic carbocycles. The van der Waals surface area contributed by atoms with Gasteiger partial charge in [0.15, 0.2) is 5.03 Å². The molecule has 3 heterocycles. The van der Waals surface area contributed by atoms with Crippen LogP contribution >= 0.6 is 0 Å². The number of hydrogen-bond donors (Lipinski definition) is 1. The lowest BCUT2D eigenvalue weighted by Crippen LogP contribution is -2.27. The van der Waals surface area contributed by atoms with Crippen LogP contribution in [0, 0.1) is 4.91 Å². The van der Waals surface area contributed by atoms with Gasteiger partial charge in [0.1, 0.15) is 11.6 Å². The number of nitrogens with one attached hydrogen (secondary N) is 1. The first kappa shape index (κ1) is 27.7. The van der Waals surface area contributed by atoms with Crippen molar-refractivity contribution in [1.29, 1.82) is 0 Å². The largest absolute Gasteiger partial charge is 0.418 e. The molecule has 0 radical (unpaired) electrons. The molecule has 0 saturated carbocycles. The zero-order valence-corrected chi connectivity index (χ0v) is 21.7. The minimum Gasteiger partial charge on any atom is -0.357 e. The van der Waals surface area contributed by atoms with Crippen molar-refractivity contribution in [2.75, 3.05) is 29.3 Å². The average molecular weight is 550 g/mol. The molecule has 1 N–H and O–H groups in total. The molecule has 204 valence electrons. The molecule has 0 fully saturated rings. The highest BCUT2D eigenvalue weighted by molar-refractivity contribution is 7.92. The molecule has 38 heavy (non-hydrogen) atoms. The van der Waals surface area contributed by atoms with Crippen molar-refractivity contribution in [1.82, 2.24) is 9.97 Å². The molecule has 2 aliphatic rings. The van der Waals surface area contributed by atoms with E-state index in [1.807, 2.05) is 11.0 Å². The Morgan fingerprint density at radius 1 is 1.00 bits per heavy atom. The van der Waals surface area contributed by atoms with Crippen molar-refractivity contribution in [2.24, 2.45) is 5.18 Å². The normalized spacial score (nSPS) is 18.0. The highest BCUT2D eigenvalue weighted by atomic mass is 32.2. The second-order valence-corrected chi connectivity index (χ2v) is 10.9. The number of aromatic nitrogens is 2. The Kier molecular flexibility index (Phi) is 8.80. The van der Waals surface area contributed by atoms with E-state index in [4.69, 9.17) is 0 Å². The lowest BCUT2D eigenvalue weighted by Gasteiger charge is -2.25. The molecule has 4 rings (SSSR count). The summed E-state index contributed by atoms with van der Waals surface area (Å²) in [7, 11) is -4.24. The lowest BCUT2D eigenvalue weighted by molar-refractivity contribution is -0.138. The molecule has 0 amide bonds. The average Bonchev–Trinajstić information content (AvgIpc) is 2.88. The molecular formula is C26H30F3N5O3S. The number of pyridine rings is 2. The van der Waals surface area contributed by atoms with E-state index in [-0.39, 0.29) is 23.1 Å². The van der Waals surface area contributed by atoms with Crippen LogP contribution in [0.15, 0.2) is 58.3 Å². The van der Waals surface area contributed by atoms with Gasteiger partial charge in [-0.25, -0.2) is 9.97 Å². The second kappa shape index (κ2) is 12.1. The molecule has 8 nitrogen and oxygen atoms in total. The van der Waals surface area contributed by atoms with Crippen LogP contribution in [-0.4, -0.2) is 38.0 Å². The van der Waals surface area contributed by atoms with E-state index in [0.29, 0.717) is 50.2 Å². The van der Waals surface area contributed by atoms with Crippen molar-refractivity contribution in [3.05, 3.63) is 64.2 Å². The van der Waals surface area contributed by atoms with Crippen molar-refractivity contribution >= 4 is 27.2 Å². The fourth-order valence-corrected chi connectivity index (χ4v) is 5.66. The highest BCUT2D eigenvalue weighted by Gasteiger charge is 2.36. The van der Waals surface area contributed by atoms with Gasteiger partial charge in [0, 0.05) is 13.1 Å². The summed E-state index contributed by atoms with van der Waals surface area (Å²) < 4.78 is 70.5. The molecule has 0 spiro atoms. The van der Waals surface area contributed by atoms with Gasteiger partial charge in [-0.2, -0.15) is 26.5 Å². The standard InChI is InChI=1S/C26H30F3N5O3S/c27-26(28,29)21-14-15-22-31-25(21)20-11-4-3-10-19(20)9-2-1-6-17-34(18-7-5-16-30-35)23-12-8-13-24(32-23)38(36,37)33-22/h8,10-15H,1-7,9,16-18H2,(H,31,33). The SMILES string of the molecule is O=NCCCCN1CCCCCC2=CCCC=C2c2nc(ccc2C(F)(F)F)NS(=O)(=O)c2cccc1n2. The second-order valence-electron chi connectivity index (χ2n) is 9.31. The lowest BCUT2D eigenvalue weighted by atomic mass is 9.89. The third kappa shape index (κ3) is 6.77. The Labute approximate surface area is 220 Å². The van der Waals surface area contributed by atoms with E-state index in [2.05, 4.69) is 19.9 Å². The zero-order chi connectivity index (χ0) is 27.2. The van der Waals surface area contributed by atoms with Gasteiger partial charge in [0.2, 0.25) is 0 Å². The maximum Gasteiger partial charge on any atom is 0.418 e. The van der Waals surface area contributed by atoms with E-state index in [0.717, 1.165) is 43.4 Å². The Balaban J connectivity index is 1.74. The summed E-state index contributed by atoms with van der Waals surface area (Å²) >= 11 is 0. The summed E-state index contributed by atoms with van der Waals surface area (Å²) in [4.78, 5) is 21.0. The van der Waals surface area contributed by atoms with Crippen molar-refractivity contribution in [3.8, 4) is 0 Å². The van der Waals surface area contributed by atoms with Crippen molar-refractivity contribution in [3.63, 3.8) is 0 Å². The Morgan fingerprint density at radius 2 is 1.82 bits per heavy atom. The maximum atomic E-state index is 13.9. The van der Waals surface area contributed by atoms with Crippen LogP contribution < -0.4 is 9.62 Å². The Morgan fingerprint density at radius 3 is 2.61 bits per heavy atom. The molecular weight excluding hydrogens is 519 g/mol. The fourth-order valence-electron chi connectivity index (χ4n) is 4.70. The fraction of sp³-hybridized carbons (Fsp3) is 0.462. The monoisotopic (exact) mass is 549 g/mol. The molecule has 1 aliphatic carbocycles. The molecule has 2 aromatic heterocycles. The minimum atomic E-state index is -4.65. The van der Waals surface area contributed by atoms with Crippen molar-refractivity contribution in [2.45, 2.75) is 62.6 Å². The van der Waals surface area contributed by atoms with Crippen LogP contribution in [0.4, 0.5) is 24.8 Å². The first-order valence-electron chi connectivity index (χ1n) is 12.7. The topological polar surface area (TPSA) is 105 Å². The van der Waals surface area contributed by atoms with Crippen LogP contribution in [0.3, 0.4) is 0 Å². The first-order chi connectivity index (χ1) is 18.2. The van der Waals surface area contributed by atoms with Crippen LogP contribution in [-0.2, 0) is 16.2 Å².